The maximum Gasteiger partial charge on any atom is 0.343 e. The number of hydrogen-bond acceptors (Lipinski definition) is 10. The van der Waals surface area contributed by atoms with Crippen molar-refractivity contribution in [3.8, 4) is 34.1 Å². The van der Waals surface area contributed by atoms with Crippen LogP contribution in [0.4, 0.5) is 0 Å². The molecule has 0 N–H and O–H groups in total. The van der Waals surface area contributed by atoms with Crippen molar-refractivity contribution in [1.29, 1.82) is 0 Å². The average molecular weight is 665 g/mol. The maximum absolute atomic E-state index is 12.7. The van der Waals surface area contributed by atoms with E-state index in [4.69, 9.17) is 28.4 Å². The van der Waals surface area contributed by atoms with Crippen LogP contribution in [0.25, 0.3) is 11.1 Å². The van der Waals surface area contributed by atoms with E-state index in [1.165, 1.54) is 24.3 Å². The molecule has 4 aromatic rings. The van der Waals surface area contributed by atoms with Gasteiger partial charge in [-0.25, -0.2) is 19.2 Å². The van der Waals surface area contributed by atoms with E-state index in [-0.39, 0.29) is 19.0 Å². The Balaban J connectivity index is 1.20. The van der Waals surface area contributed by atoms with Crippen LogP contribution < -0.4 is 18.9 Å². The first kappa shape index (κ1) is 35.7. The standard InChI is InChI=1S/C39H36O10/c1-4-36(40)46-24-6-5-23-44-32-17-13-31(14-18-32)39(43)49-35-21-19-34(20-22-35)48-38(42)30-9-7-28(8-10-30)29-11-15-33(16-12-29)45-25-26-47-37(41)27(2)3/h4,7-22H,1-2,5-6,23-26H2,3H3. The van der Waals surface area contributed by atoms with Gasteiger partial charge in [-0.3, -0.25) is 0 Å². The summed E-state index contributed by atoms with van der Waals surface area (Å²) in [5.41, 5.74) is 2.86. The molecule has 0 spiro atoms. The molecule has 0 fully saturated rings. The minimum Gasteiger partial charge on any atom is -0.494 e. The monoisotopic (exact) mass is 664 g/mol. The van der Waals surface area contributed by atoms with E-state index in [0.717, 1.165) is 17.2 Å². The molecule has 0 saturated heterocycles. The molecular weight excluding hydrogens is 628 g/mol. The number of esters is 4. The van der Waals surface area contributed by atoms with Gasteiger partial charge in [0.15, 0.2) is 0 Å². The number of benzene rings is 4. The first-order valence-electron chi connectivity index (χ1n) is 15.4. The number of hydrogen-bond donors (Lipinski definition) is 0. The molecule has 0 amide bonds. The highest BCUT2D eigenvalue weighted by molar-refractivity contribution is 5.92. The Kier molecular flexibility index (Phi) is 13.3. The molecule has 49 heavy (non-hydrogen) atoms. The van der Waals surface area contributed by atoms with E-state index in [0.29, 0.717) is 60.0 Å². The van der Waals surface area contributed by atoms with Gasteiger partial charge in [0.05, 0.1) is 24.3 Å². The third-order valence-corrected chi connectivity index (χ3v) is 6.80. The van der Waals surface area contributed by atoms with Crippen molar-refractivity contribution >= 4 is 23.9 Å². The van der Waals surface area contributed by atoms with Crippen LogP contribution in [0, 0.1) is 0 Å². The zero-order valence-electron chi connectivity index (χ0n) is 27.1. The smallest absolute Gasteiger partial charge is 0.343 e. The van der Waals surface area contributed by atoms with Crippen LogP contribution in [0.1, 0.15) is 40.5 Å². The number of unbranched alkanes of at least 4 members (excludes halogenated alkanes) is 1. The summed E-state index contributed by atoms with van der Waals surface area (Å²) in [4.78, 5) is 47.8. The van der Waals surface area contributed by atoms with Gasteiger partial charge in [-0.15, -0.1) is 0 Å². The van der Waals surface area contributed by atoms with Crippen molar-refractivity contribution in [3.05, 3.63) is 133 Å². The normalized spacial score (nSPS) is 10.3. The fourth-order valence-electron chi connectivity index (χ4n) is 4.18. The molecule has 10 nitrogen and oxygen atoms in total. The van der Waals surface area contributed by atoms with Gasteiger partial charge < -0.3 is 28.4 Å². The highest BCUT2D eigenvalue weighted by Crippen LogP contribution is 2.24. The predicted molar refractivity (Wildman–Crippen MR) is 182 cm³/mol. The quantitative estimate of drug-likeness (QED) is 0.0496. The Bertz CT molecular complexity index is 1740. The second kappa shape index (κ2) is 18.2. The molecule has 252 valence electrons. The summed E-state index contributed by atoms with van der Waals surface area (Å²) in [7, 11) is 0. The van der Waals surface area contributed by atoms with Crippen molar-refractivity contribution in [2.24, 2.45) is 0 Å². The molecular formula is C39H36O10. The summed E-state index contributed by atoms with van der Waals surface area (Å²) < 4.78 is 32.1. The van der Waals surface area contributed by atoms with Crippen molar-refractivity contribution in [3.63, 3.8) is 0 Å². The zero-order valence-corrected chi connectivity index (χ0v) is 27.1. The van der Waals surface area contributed by atoms with Gasteiger partial charge >= 0.3 is 23.9 Å². The molecule has 4 aromatic carbocycles. The first-order valence-corrected chi connectivity index (χ1v) is 15.4. The maximum atomic E-state index is 12.7. The topological polar surface area (TPSA) is 124 Å². The molecule has 0 aliphatic heterocycles. The van der Waals surface area contributed by atoms with Crippen LogP contribution in [0.3, 0.4) is 0 Å². The SMILES string of the molecule is C=CC(=O)OCCCCOc1ccc(C(=O)Oc2ccc(OC(=O)c3ccc(-c4ccc(OCCOC(=O)C(=C)C)cc4)cc3)cc2)cc1. The molecule has 0 aliphatic rings. The van der Waals surface area contributed by atoms with Crippen LogP contribution in [0.15, 0.2) is 122 Å². The van der Waals surface area contributed by atoms with Crippen LogP contribution >= 0.6 is 0 Å². The fourth-order valence-corrected chi connectivity index (χ4v) is 4.18. The van der Waals surface area contributed by atoms with Crippen LogP contribution in [-0.4, -0.2) is 50.3 Å². The lowest BCUT2D eigenvalue weighted by Crippen LogP contribution is -2.12. The van der Waals surface area contributed by atoms with Gasteiger partial charge in [0.1, 0.15) is 36.2 Å². The highest BCUT2D eigenvalue weighted by atomic mass is 16.6. The molecule has 0 atom stereocenters. The van der Waals surface area contributed by atoms with Gasteiger partial charge in [-0.1, -0.05) is 37.4 Å². The van der Waals surface area contributed by atoms with E-state index in [1.807, 2.05) is 36.4 Å². The molecule has 0 aliphatic carbocycles. The first-order chi connectivity index (χ1) is 23.7. The lowest BCUT2D eigenvalue weighted by Gasteiger charge is -2.09. The molecule has 0 aromatic heterocycles. The predicted octanol–water partition coefficient (Wildman–Crippen LogP) is 7.18. The van der Waals surface area contributed by atoms with E-state index in [1.54, 1.807) is 43.3 Å². The molecule has 0 radical (unpaired) electrons. The lowest BCUT2D eigenvalue weighted by atomic mass is 10.0. The van der Waals surface area contributed by atoms with Crippen LogP contribution in [0.5, 0.6) is 23.0 Å². The molecule has 0 heterocycles. The number of carbonyl (C=O) groups is 4. The summed E-state index contributed by atoms with van der Waals surface area (Å²) in [6, 6.07) is 27.1. The minimum atomic E-state index is -0.552. The second-order valence-corrected chi connectivity index (χ2v) is 10.6. The van der Waals surface area contributed by atoms with Crippen LogP contribution in [0.2, 0.25) is 0 Å². The van der Waals surface area contributed by atoms with Gasteiger partial charge in [0.25, 0.3) is 0 Å². The van der Waals surface area contributed by atoms with Gasteiger partial charge in [0.2, 0.25) is 0 Å². The van der Waals surface area contributed by atoms with Crippen molar-refractivity contribution in [2.75, 3.05) is 26.4 Å². The Hall–Kier alpha value is -6.16. The molecule has 10 heteroatoms. The summed E-state index contributed by atoms with van der Waals surface area (Å²) in [6.07, 6.45) is 2.47. The number of carbonyl (C=O) groups excluding carboxylic acids is 4. The van der Waals surface area contributed by atoms with Crippen molar-refractivity contribution in [2.45, 2.75) is 19.8 Å². The van der Waals surface area contributed by atoms with Gasteiger partial charge in [0, 0.05) is 11.6 Å². The Morgan fingerprint density at radius 1 is 0.551 bits per heavy atom. The van der Waals surface area contributed by atoms with Gasteiger partial charge in [-0.05, 0) is 104 Å². The molecule has 0 bridgehead atoms. The molecule has 4 rings (SSSR count). The fraction of sp³-hybridized carbons (Fsp3) is 0.179. The second-order valence-electron chi connectivity index (χ2n) is 10.6. The summed E-state index contributed by atoms with van der Waals surface area (Å²) in [6.45, 7) is 9.53. The van der Waals surface area contributed by atoms with E-state index < -0.39 is 23.9 Å². The third kappa shape index (κ3) is 11.5. The van der Waals surface area contributed by atoms with Crippen molar-refractivity contribution in [1.82, 2.24) is 0 Å². The Labute approximate surface area is 284 Å². The number of rotatable bonds is 17. The van der Waals surface area contributed by atoms with Crippen LogP contribution in [-0.2, 0) is 19.1 Å². The Morgan fingerprint density at radius 2 is 0.980 bits per heavy atom. The third-order valence-electron chi connectivity index (χ3n) is 6.80. The molecule has 0 unspecified atom stereocenters. The summed E-state index contributed by atoms with van der Waals surface area (Å²) >= 11 is 0. The summed E-state index contributed by atoms with van der Waals surface area (Å²) in [5, 5.41) is 0. The van der Waals surface area contributed by atoms with E-state index in [2.05, 4.69) is 13.2 Å². The zero-order chi connectivity index (χ0) is 35.0. The number of ether oxygens (including phenoxy) is 6. The summed E-state index contributed by atoms with van der Waals surface area (Å²) in [5.74, 6) is -0.188. The lowest BCUT2D eigenvalue weighted by molar-refractivity contribution is -0.140. The van der Waals surface area contributed by atoms with E-state index in [9.17, 15) is 19.2 Å². The van der Waals surface area contributed by atoms with E-state index >= 15 is 0 Å². The van der Waals surface area contributed by atoms with Crippen molar-refractivity contribution < 1.29 is 47.6 Å². The molecule has 0 saturated carbocycles. The highest BCUT2D eigenvalue weighted by Gasteiger charge is 2.12. The minimum absolute atomic E-state index is 0.123. The largest absolute Gasteiger partial charge is 0.494 e. The average Bonchev–Trinajstić information content (AvgIpc) is 3.12. The van der Waals surface area contributed by atoms with Gasteiger partial charge in [-0.2, -0.15) is 0 Å². The Morgan fingerprint density at radius 3 is 1.49 bits per heavy atom.